The van der Waals surface area contributed by atoms with Crippen LogP contribution in [0.25, 0.3) is 0 Å². The van der Waals surface area contributed by atoms with Crippen LogP contribution >= 0.6 is 0 Å². The Morgan fingerprint density at radius 1 is 1.15 bits per heavy atom. The minimum atomic E-state index is -0.218. The number of amides is 2. The Labute approximate surface area is 160 Å². The molecule has 2 aliphatic rings. The first kappa shape index (κ1) is 19.6. The molecule has 1 aromatic heterocycles. The van der Waals surface area contributed by atoms with E-state index in [0.29, 0.717) is 32.2 Å². The molecule has 2 aliphatic heterocycles. The lowest BCUT2D eigenvalue weighted by molar-refractivity contribution is -0.133. The maximum absolute atomic E-state index is 12.6. The number of aryl methyl sites for hydroxylation is 1. The predicted molar refractivity (Wildman–Crippen MR) is 99.0 cm³/mol. The first-order valence-corrected chi connectivity index (χ1v) is 9.93. The second-order valence-corrected chi connectivity index (χ2v) is 7.12. The molecule has 1 unspecified atom stereocenters. The van der Waals surface area contributed by atoms with E-state index in [2.05, 4.69) is 15.0 Å². The number of aromatic nitrogens is 3. The summed E-state index contributed by atoms with van der Waals surface area (Å²) in [6, 6.07) is 0.391. The highest BCUT2D eigenvalue weighted by Gasteiger charge is 2.31. The van der Waals surface area contributed by atoms with Crippen LogP contribution in [0, 0.1) is 0 Å². The molecule has 27 heavy (non-hydrogen) atoms. The average molecular weight is 378 g/mol. The smallest absolute Gasteiger partial charge is 0.409 e. The molecule has 3 rings (SSSR count). The van der Waals surface area contributed by atoms with Crippen LogP contribution in [-0.2, 0) is 16.1 Å². The number of nitrogens with zero attached hydrogens (tertiary/aromatic N) is 6. The van der Waals surface area contributed by atoms with E-state index in [4.69, 9.17) is 4.74 Å². The molecule has 2 amide bonds. The van der Waals surface area contributed by atoms with Gasteiger partial charge in [0.15, 0.2) is 0 Å². The second-order valence-electron chi connectivity index (χ2n) is 7.12. The summed E-state index contributed by atoms with van der Waals surface area (Å²) in [7, 11) is 0. The standard InChI is InChI=1S/C18H30N6O3/c1-2-27-18(26)22-11-9-21(10-12-22)16-5-3-7-23(13-16)17(25)6-4-8-24-15-19-14-20-24/h14-16H,2-13H2,1H3. The third-order valence-electron chi connectivity index (χ3n) is 5.35. The Hall–Kier alpha value is -2.16. The summed E-state index contributed by atoms with van der Waals surface area (Å²) in [4.78, 5) is 34.5. The van der Waals surface area contributed by atoms with E-state index in [1.165, 1.54) is 6.33 Å². The lowest BCUT2D eigenvalue weighted by Gasteiger charge is -2.43. The van der Waals surface area contributed by atoms with E-state index < -0.39 is 0 Å². The molecule has 9 heteroatoms. The summed E-state index contributed by atoms with van der Waals surface area (Å²) in [6.45, 7) is 7.68. The molecule has 0 spiro atoms. The van der Waals surface area contributed by atoms with Gasteiger partial charge in [0.2, 0.25) is 5.91 Å². The van der Waals surface area contributed by atoms with Gasteiger partial charge in [-0.2, -0.15) is 5.10 Å². The van der Waals surface area contributed by atoms with Gasteiger partial charge < -0.3 is 14.5 Å². The van der Waals surface area contributed by atoms with Gasteiger partial charge in [0.05, 0.1) is 6.61 Å². The summed E-state index contributed by atoms with van der Waals surface area (Å²) in [5.74, 6) is 0.227. The van der Waals surface area contributed by atoms with Gasteiger partial charge in [-0.05, 0) is 26.2 Å². The highest BCUT2D eigenvalue weighted by Crippen LogP contribution is 2.19. The Morgan fingerprint density at radius 2 is 1.96 bits per heavy atom. The lowest BCUT2D eigenvalue weighted by Crippen LogP contribution is -2.56. The zero-order valence-corrected chi connectivity index (χ0v) is 16.1. The fourth-order valence-corrected chi connectivity index (χ4v) is 3.86. The Bertz CT molecular complexity index is 600. The zero-order chi connectivity index (χ0) is 19.1. The molecule has 0 bridgehead atoms. The molecular weight excluding hydrogens is 348 g/mol. The van der Waals surface area contributed by atoms with Crippen molar-refractivity contribution in [2.75, 3.05) is 45.9 Å². The fourth-order valence-electron chi connectivity index (χ4n) is 3.86. The van der Waals surface area contributed by atoms with Gasteiger partial charge in [-0.15, -0.1) is 0 Å². The normalized spacial score (nSPS) is 21.3. The molecule has 150 valence electrons. The van der Waals surface area contributed by atoms with Gasteiger partial charge >= 0.3 is 6.09 Å². The zero-order valence-electron chi connectivity index (χ0n) is 16.1. The van der Waals surface area contributed by atoms with E-state index in [1.54, 1.807) is 15.9 Å². The van der Waals surface area contributed by atoms with Crippen molar-refractivity contribution < 1.29 is 14.3 Å². The SMILES string of the molecule is CCOC(=O)N1CCN(C2CCCN(C(=O)CCCn3cncn3)C2)CC1. The molecule has 9 nitrogen and oxygen atoms in total. The molecule has 3 heterocycles. The van der Waals surface area contributed by atoms with Crippen LogP contribution in [0.4, 0.5) is 4.79 Å². The fraction of sp³-hybridized carbons (Fsp3) is 0.778. The highest BCUT2D eigenvalue weighted by molar-refractivity contribution is 5.76. The number of likely N-dealkylation sites (tertiary alicyclic amines) is 1. The number of carbonyl (C=O) groups excluding carboxylic acids is 2. The maximum atomic E-state index is 12.6. The van der Waals surface area contributed by atoms with Crippen LogP contribution in [0.1, 0.15) is 32.6 Å². The van der Waals surface area contributed by atoms with Crippen molar-refractivity contribution in [1.29, 1.82) is 0 Å². The van der Waals surface area contributed by atoms with Crippen molar-refractivity contribution in [2.24, 2.45) is 0 Å². The third kappa shape index (κ3) is 5.41. The van der Waals surface area contributed by atoms with Crippen LogP contribution in [-0.4, -0.2) is 93.4 Å². The first-order valence-electron chi connectivity index (χ1n) is 9.93. The second kappa shape index (κ2) is 9.68. The van der Waals surface area contributed by atoms with Gasteiger partial charge in [0.25, 0.3) is 0 Å². The Balaban J connectivity index is 1.41. The molecule has 1 atom stereocenters. The number of piperazine rings is 1. The minimum Gasteiger partial charge on any atom is -0.450 e. The van der Waals surface area contributed by atoms with Crippen molar-refractivity contribution in [3.63, 3.8) is 0 Å². The van der Waals surface area contributed by atoms with E-state index in [1.807, 2.05) is 11.8 Å². The molecule has 0 radical (unpaired) electrons. The average Bonchev–Trinajstić information content (AvgIpc) is 3.22. The number of piperidine rings is 1. The Morgan fingerprint density at radius 3 is 2.67 bits per heavy atom. The van der Waals surface area contributed by atoms with Gasteiger partial charge in [-0.1, -0.05) is 0 Å². The van der Waals surface area contributed by atoms with Crippen LogP contribution < -0.4 is 0 Å². The summed E-state index contributed by atoms with van der Waals surface area (Å²) in [5, 5.41) is 4.07. The summed E-state index contributed by atoms with van der Waals surface area (Å²) < 4.78 is 6.84. The number of carbonyl (C=O) groups is 2. The molecule has 2 fully saturated rings. The summed E-state index contributed by atoms with van der Waals surface area (Å²) >= 11 is 0. The maximum Gasteiger partial charge on any atom is 0.409 e. The third-order valence-corrected chi connectivity index (χ3v) is 5.35. The molecule has 2 saturated heterocycles. The van der Waals surface area contributed by atoms with Crippen molar-refractivity contribution in [3.05, 3.63) is 12.7 Å². The molecule has 0 aliphatic carbocycles. The monoisotopic (exact) mass is 378 g/mol. The van der Waals surface area contributed by atoms with E-state index in [0.717, 1.165) is 52.0 Å². The molecule has 0 N–H and O–H groups in total. The molecular formula is C18H30N6O3. The van der Waals surface area contributed by atoms with Crippen molar-refractivity contribution in [2.45, 2.75) is 45.2 Å². The molecule has 1 aromatic rings. The van der Waals surface area contributed by atoms with Gasteiger partial charge in [-0.25, -0.2) is 9.78 Å². The van der Waals surface area contributed by atoms with Crippen LogP contribution in [0.2, 0.25) is 0 Å². The summed E-state index contributed by atoms with van der Waals surface area (Å²) in [6.07, 6.45) is 6.45. The van der Waals surface area contributed by atoms with Crippen LogP contribution in [0.15, 0.2) is 12.7 Å². The van der Waals surface area contributed by atoms with Crippen LogP contribution in [0.3, 0.4) is 0 Å². The van der Waals surface area contributed by atoms with Gasteiger partial charge in [-0.3, -0.25) is 14.4 Å². The number of rotatable bonds is 6. The predicted octanol–water partition coefficient (Wildman–Crippen LogP) is 0.823. The molecule has 0 saturated carbocycles. The minimum absolute atomic E-state index is 0.218. The largest absolute Gasteiger partial charge is 0.450 e. The van der Waals surface area contributed by atoms with Crippen molar-refractivity contribution >= 4 is 12.0 Å². The first-order chi connectivity index (χ1) is 13.2. The van der Waals surface area contributed by atoms with E-state index >= 15 is 0 Å². The number of hydrogen-bond donors (Lipinski definition) is 0. The lowest BCUT2D eigenvalue weighted by atomic mass is 10.0. The van der Waals surface area contributed by atoms with Gasteiger partial charge in [0, 0.05) is 58.3 Å². The topological polar surface area (TPSA) is 83.8 Å². The Kier molecular flexibility index (Phi) is 7.03. The summed E-state index contributed by atoms with van der Waals surface area (Å²) in [5.41, 5.74) is 0. The number of hydrogen-bond acceptors (Lipinski definition) is 6. The number of ether oxygens (including phenoxy) is 1. The van der Waals surface area contributed by atoms with Crippen molar-refractivity contribution in [1.82, 2.24) is 29.5 Å². The van der Waals surface area contributed by atoms with E-state index in [-0.39, 0.29) is 12.0 Å². The highest BCUT2D eigenvalue weighted by atomic mass is 16.6. The van der Waals surface area contributed by atoms with Crippen molar-refractivity contribution in [3.8, 4) is 0 Å². The van der Waals surface area contributed by atoms with E-state index in [9.17, 15) is 9.59 Å². The quantitative estimate of drug-likeness (QED) is 0.729. The van der Waals surface area contributed by atoms with Crippen LogP contribution in [0.5, 0.6) is 0 Å². The molecule has 0 aromatic carbocycles. The van der Waals surface area contributed by atoms with Gasteiger partial charge in [0.1, 0.15) is 12.7 Å².